The molecular weight excluding hydrogens is 336 g/mol. The van der Waals surface area contributed by atoms with Gasteiger partial charge in [0.1, 0.15) is 17.0 Å². The Bertz CT molecular complexity index is 899. The first kappa shape index (κ1) is 18.0. The Morgan fingerprint density at radius 1 is 1.33 bits per heavy atom. The maximum atomic E-state index is 11.9. The summed E-state index contributed by atoms with van der Waals surface area (Å²) in [5, 5.41) is 9.98. The highest BCUT2D eigenvalue weighted by Crippen LogP contribution is 2.33. The molecule has 0 aliphatic rings. The van der Waals surface area contributed by atoms with Crippen LogP contribution in [0, 0.1) is 6.92 Å². The minimum Gasteiger partial charge on any atom is -0.507 e. The first-order valence-electron chi connectivity index (χ1n) is 6.95. The summed E-state index contributed by atoms with van der Waals surface area (Å²) in [5.74, 6) is -0.541. The third kappa shape index (κ3) is 3.13. The fourth-order valence-electron chi connectivity index (χ4n) is 2.41. The van der Waals surface area contributed by atoms with Crippen LogP contribution in [0.2, 0.25) is 0 Å². The van der Waals surface area contributed by atoms with E-state index in [4.69, 9.17) is 9.29 Å². The average molecular weight is 354 g/mol. The molecule has 1 aromatic heterocycles. The Labute approximate surface area is 139 Å². The zero-order chi connectivity index (χ0) is 18.3. The molecule has 8 nitrogen and oxygen atoms in total. The number of nitrogens with one attached hydrogen (secondary N) is 1. The number of aromatic amines is 1. The molecule has 0 unspecified atom stereocenters. The van der Waals surface area contributed by atoms with Crippen LogP contribution >= 0.6 is 0 Å². The van der Waals surface area contributed by atoms with Crippen molar-refractivity contribution in [2.45, 2.75) is 31.1 Å². The van der Waals surface area contributed by atoms with E-state index in [1.54, 1.807) is 20.8 Å². The molecule has 0 fully saturated rings. The van der Waals surface area contributed by atoms with Crippen LogP contribution in [0.5, 0.6) is 5.75 Å². The van der Waals surface area contributed by atoms with Crippen LogP contribution in [-0.4, -0.2) is 41.1 Å². The fraction of sp³-hybridized carbons (Fsp3) is 0.333. The van der Waals surface area contributed by atoms with E-state index in [0.29, 0.717) is 11.4 Å². The fourth-order valence-corrected chi connectivity index (χ4v) is 2.92. The van der Waals surface area contributed by atoms with Gasteiger partial charge in [0.05, 0.1) is 23.3 Å². The van der Waals surface area contributed by atoms with Crippen molar-refractivity contribution in [2.75, 3.05) is 7.11 Å². The van der Waals surface area contributed by atoms with Gasteiger partial charge in [-0.3, -0.25) is 9.35 Å². The number of rotatable bonds is 4. The largest absolute Gasteiger partial charge is 0.507 e. The van der Waals surface area contributed by atoms with E-state index in [1.807, 2.05) is 0 Å². The molecule has 9 heteroatoms. The quantitative estimate of drug-likeness (QED) is 0.563. The average Bonchev–Trinajstić information content (AvgIpc) is 2.88. The molecule has 0 saturated heterocycles. The standard InChI is InChI=1S/C15H18N2O6S/c1-8-12(15(2,3)14(19)23-4)17-13(16-8)10-7-9(24(20,21)22)5-6-11(10)18/h5-7,18H,1-4H3,(H,16,17)(H,20,21,22). The van der Waals surface area contributed by atoms with Gasteiger partial charge in [-0.1, -0.05) is 0 Å². The third-order valence-electron chi connectivity index (χ3n) is 3.69. The Morgan fingerprint density at radius 2 is 1.96 bits per heavy atom. The number of aryl methyl sites for hydroxylation is 1. The summed E-state index contributed by atoms with van der Waals surface area (Å²) >= 11 is 0. The molecule has 1 aromatic carbocycles. The first-order chi connectivity index (χ1) is 11.0. The molecule has 0 saturated carbocycles. The predicted molar refractivity (Wildman–Crippen MR) is 85.3 cm³/mol. The van der Waals surface area contributed by atoms with Gasteiger partial charge in [-0.2, -0.15) is 8.42 Å². The zero-order valence-electron chi connectivity index (χ0n) is 13.6. The van der Waals surface area contributed by atoms with E-state index >= 15 is 0 Å². The number of ether oxygens (including phenoxy) is 1. The lowest BCUT2D eigenvalue weighted by Gasteiger charge is -2.19. The number of H-pyrrole nitrogens is 1. The highest BCUT2D eigenvalue weighted by molar-refractivity contribution is 7.85. The third-order valence-corrected chi connectivity index (χ3v) is 4.54. The van der Waals surface area contributed by atoms with Crippen molar-refractivity contribution in [3.05, 3.63) is 29.6 Å². The number of methoxy groups -OCH3 is 1. The van der Waals surface area contributed by atoms with Crippen LogP contribution in [0.15, 0.2) is 23.1 Å². The molecule has 0 aliphatic heterocycles. The van der Waals surface area contributed by atoms with Crippen molar-refractivity contribution in [1.82, 2.24) is 9.97 Å². The van der Waals surface area contributed by atoms with Gasteiger partial charge in [0.25, 0.3) is 10.1 Å². The number of hydrogen-bond donors (Lipinski definition) is 3. The van der Waals surface area contributed by atoms with E-state index in [0.717, 1.165) is 18.2 Å². The molecule has 0 aliphatic carbocycles. The van der Waals surface area contributed by atoms with Crippen LogP contribution < -0.4 is 0 Å². The smallest absolute Gasteiger partial charge is 0.317 e. The molecule has 2 rings (SSSR count). The van der Waals surface area contributed by atoms with E-state index < -0.39 is 21.5 Å². The van der Waals surface area contributed by atoms with Crippen LogP contribution in [0.4, 0.5) is 0 Å². The number of benzene rings is 1. The molecule has 24 heavy (non-hydrogen) atoms. The lowest BCUT2D eigenvalue weighted by atomic mass is 9.88. The van der Waals surface area contributed by atoms with Crippen molar-refractivity contribution in [3.63, 3.8) is 0 Å². The number of carbonyl (C=O) groups is 1. The summed E-state index contributed by atoms with van der Waals surface area (Å²) < 4.78 is 36.5. The Morgan fingerprint density at radius 3 is 2.50 bits per heavy atom. The number of phenols is 1. The molecule has 0 amide bonds. The van der Waals surface area contributed by atoms with E-state index in [1.165, 1.54) is 7.11 Å². The highest BCUT2D eigenvalue weighted by atomic mass is 32.2. The second kappa shape index (κ2) is 5.91. The monoisotopic (exact) mass is 354 g/mol. The van der Waals surface area contributed by atoms with Crippen LogP contribution in [0.1, 0.15) is 25.2 Å². The maximum absolute atomic E-state index is 11.9. The topological polar surface area (TPSA) is 130 Å². The molecule has 2 aromatic rings. The lowest BCUT2D eigenvalue weighted by Crippen LogP contribution is -2.31. The number of hydrogen-bond acceptors (Lipinski definition) is 6. The van der Waals surface area contributed by atoms with Crippen molar-refractivity contribution in [3.8, 4) is 17.1 Å². The normalized spacial score (nSPS) is 12.2. The predicted octanol–water partition coefficient (Wildman–Crippen LogP) is 1.79. The lowest BCUT2D eigenvalue weighted by molar-refractivity contribution is -0.146. The van der Waals surface area contributed by atoms with Gasteiger partial charge < -0.3 is 14.8 Å². The summed E-state index contributed by atoms with van der Waals surface area (Å²) in [6.07, 6.45) is 0. The molecule has 130 valence electrons. The highest BCUT2D eigenvalue weighted by Gasteiger charge is 2.35. The number of nitrogens with zero attached hydrogens (tertiary/aromatic N) is 1. The maximum Gasteiger partial charge on any atom is 0.317 e. The first-order valence-corrected chi connectivity index (χ1v) is 8.39. The van der Waals surface area contributed by atoms with Crippen molar-refractivity contribution >= 4 is 16.1 Å². The number of esters is 1. The van der Waals surface area contributed by atoms with E-state index in [-0.39, 0.29) is 22.0 Å². The second-order valence-corrected chi connectivity index (χ2v) is 7.25. The molecular formula is C15H18N2O6S. The molecule has 0 bridgehead atoms. The van der Waals surface area contributed by atoms with Crippen LogP contribution in [0.25, 0.3) is 11.4 Å². The minimum absolute atomic E-state index is 0.0835. The van der Waals surface area contributed by atoms with Gasteiger partial charge >= 0.3 is 5.97 Å². The molecule has 1 heterocycles. The second-order valence-electron chi connectivity index (χ2n) is 5.83. The number of aromatic nitrogens is 2. The minimum atomic E-state index is -4.43. The molecule has 0 radical (unpaired) electrons. The Balaban J connectivity index is 2.61. The van der Waals surface area contributed by atoms with E-state index in [2.05, 4.69) is 9.97 Å². The van der Waals surface area contributed by atoms with Crippen LogP contribution in [-0.2, 0) is 25.1 Å². The van der Waals surface area contributed by atoms with Crippen molar-refractivity contribution in [2.24, 2.45) is 0 Å². The Hall–Kier alpha value is -2.39. The summed E-state index contributed by atoms with van der Waals surface area (Å²) in [4.78, 5) is 18.8. The van der Waals surface area contributed by atoms with Gasteiger partial charge in [0.2, 0.25) is 0 Å². The van der Waals surface area contributed by atoms with Gasteiger partial charge in [-0.15, -0.1) is 0 Å². The SMILES string of the molecule is COC(=O)C(C)(C)c1nc(-c2cc(S(=O)(=O)O)ccc2O)[nH]c1C. The van der Waals surface area contributed by atoms with Crippen LogP contribution in [0.3, 0.4) is 0 Å². The number of aromatic hydroxyl groups is 1. The van der Waals surface area contributed by atoms with Gasteiger partial charge in [0.15, 0.2) is 0 Å². The van der Waals surface area contributed by atoms with Gasteiger partial charge in [-0.25, -0.2) is 4.98 Å². The summed E-state index contributed by atoms with van der Waals surface area (Å²) in [6.45, 7) is 4.97. The number of imidazole rings is 1. The van der Waals surface area contributed by atoms with E-state index in [9.17, 15) is 18.3 Å². The summed E-state index contributed by atoms with van der Waals surface area (Å²) in [6, 6.07) is 3.31. The van der Waals surface area contributed by atoms with Gasteiger partial charge in [-0.05, 0) is 39.0 Å². The van der Waals surface area contributed by atoms with Gasteiger partial charge in [0, 0.05) is 5.69 Å². The number of carbonyl (C=O) groups excluding carboxylic acids is 1. The molecule has 0 atom stereocenters. The van der Waals surface area contributed by atoms with Crippen molar-refractivity contribution < 1.29 is 27.6 Å². The summed E-state index contributed by atoms with van der Waals surface area (Å²) in [5.41, 5.74) is 0.0161. The zero-order valence-corrected chi connectivity index (χ0v) is 14.4. The van der Waals surface area contributed by atoms with Crippen molar-refractivity contribution in [1.29, 1.82) is 0 Å². The number of phenolic OH excluding ortho intramolecular Hbond substituents is 1. The Kier molecular flexibility index (Phi) is 4.42. The summed E-state index contributed by atoms with van der Waals surface area (Å²) in [7, 11) is -3.15. The molecule has 0 spiro atoms. The molecule has 3 N–H and O–H groups in total.